The van der Waals surface area contributed by atoms with Crippen LogP contribution in [0.25, 0.3) is 0 Å². The lowest BCUT2D eigenvalue weighted by Crippen LogP contribution is -2.17. The monoisotopic (exact) mass is 327 g/mol. The van der Waals surface area contributed by atoms with Gasteiger partial charge in [-0.1, -0.05) is 32.3 Å². The van der Waals surface area contributed by atoms with Crippen LogP contribution in [0.5, 0.6) is 0 Å². The first-order chi connectivity index (χ1) is 11.8. The van der Waals surface area contributed by atoms with Gasteiger partial charge in [0.15, 0.2) is 0 Å². The molecule has 1 saturated heterocycles. The number of unbranched alkanes of at least 4 members (excludes halogenated alkanes) is 2. The number of pyridine rings is 1. The zero-order valence-electron chi connectivity index (χ0n) is 14.9. The zero-order chi connectivity index (χ0) is 17.2. The number of nitriles is 1. The van der Waals surface area contributed by atoms with Gasteiger partial charge in [-0.15, -0.1) is 0 Å². The van der Waals surface area contributed by atoms with Crippen molar-refractivity contribution in [3.8, 4) is 6.07 Å². The highest BCUT2D eigenvalue weighted by molar-refractivity contribution is 6.01. The van der Waals surface area contributed by atoms with Gasteiger partial charge in [0.25, 0.3) is 0 Å². The molecule has 5 nitrogen and oxygen atoms in total. The van der Waals surface area contributed by atoms with E-state index in [1.54, 1.807) is 0 Å². The average Bonchev–Trinajstić information content (AvgIpc) is 3.25. The van der Waals surface area contributed by atoms with Gasteiger partial charge in [-0.2, -0.15) is 10.4 Å². The van der Waals surface area contributed by atoms with Crippen LogP contribution in [0, 0.1) is 17.2 Å². The molecule has 0 saturated carbocycles. The van der Waals surface area contributed by atoms with E-state index in [2.05, 4.69) is 46.5 Å². The van der Waals surface area contributed by atoms with Crippen LogP contribution in [0.1, 0.15) is 57.1 Å². The fourth-order valence-corrected chi connectivity index (χ4v) is 3.33. The molecule has 0 bridgehead atoms. The standard InChI is InChI=1S/C10H14N2.C9H15N3/c1-12-7-3-5-10(12)9-4-2-6-11-8-9;1-2-3-4-5-8-7-11-12-9(8)6-10/h2,4,6,8,10H,3,5,7H2,1H3;8,11H,2-5,7H2,1H3. The Bertz CT molecular complexity index is 549. The Hall–Kier alpha value is -1.93. The minimum atomic E-state index is 0.376. The van der Waals surface area contributed by atoms with Crippen molar-refractivity contribution >= 4 is 5.71 Å². The largest absolute Gasteiger partial charge is 0.308 e. The molecule has 0 aliphatic carbocycles. The Morgan fingerprint density at radius 3 is 2.92 bits per heavy atom. The lowest BCUT2D eigenvalue weighted by Gasteiger charge is -2.18. The third-order valence-electron chi connectivity index (χ3n) is 4.78. The Labute approximate surface area is 145 Å². The van der Waals surface area contributed by atoms with Crippen LogP contribution in [0.2, 0.25) is 0 Å². The number of nitrogens with zero attached hydrogens (tertiary/aromatic N) is 4. The summed E-state index contributed by atoms with van der Waals surface area (Å²) in [5.74, 6) is 0.376. The first-order valence-corrected chi connectivity index (χ1v) is 9.07. The Morgan fingerprint density at radius 2 is 2.29 bits per heavy atom. The highest BCUT2D eigenvalue weighted by Crippen LogP contribution is 2.29. The van der Waals surface area contributed by atoms with Crippen molar-refractivity contribution in [2.24, 2.45) is 11.0 Å². The number of hydrogen-bond acceptors (Lipinski definition) is 5. The molecule has 2 aliphatic rings. The SMILES string of the molecule is CCCCCC1CNN=C1C#N.CN1CCCC1c1cccnc1. The number of rotatable bonds is 5. The molecule has 2 unspecified atom stereocenters. The van der Waals surface area contributed by atoms with E-state index in [9.17, 15) is 0 Å². The zero-order valence-corrected chi connectivity index (χ0v) is 14.9. The van der Waals surface area contributed by atoms with Crippen LogP contribution in [0.15, 0.2) is 29.6 Å². The van der Waals surface area contributed by atoms with Crippen molar-refractivity contribution < 1.29 is 0 Å². The molecule has 24 heavy (non-hydrogen) atoms. The van der Waals surface area contributed by atoms with Crippen LogP contribution in [-0.4, -0.2) is 35.7 Å². The third-order valence-corrected chi connectivity index (χ3v) is 4.78. The van der Waals surface area contributed by atoms with Gasteiger partial charge in [0.05, 0.1) is 0 Å². The van der Waals surface area contributed by atoms with Gasteiger partial charge in [-0.05, 0) is 44.5 Å². The quantitative estimate of drug-likeness (QED) is 0.841. The van der Waals surface area contributed by atoms with Gasteiger partial charge in [0.1, 0.15) is 11.8 Å². The van der Waals surface area contributed by atoms with E-state index in [0.717, 1.165) is 13.0 Å². The molecule has 2 aliphatic heterocycles. The van der Waals surface area contributed by atoms with Crippen molar-refractivity contribution in [3.05, 3.63) is 30.1 Å². The van der Waals surface area contributed by atoms with E-state index in [0.29, 0.717) is 17.7 Å². The molecule has 5 heteroatoms. The summed E-state index contributed by atoms with van der Waals surface area (Å²) in [6.45, 7) is 4.26. The summed E-state index contributed by atoms with van der Waals surface area (Å²) in [6.07, 6.45) is 11.2. The van der Waals surface area contributed by atoms with Crippen LogP contribution in [0.3, 0.4) is 0 Å². The van der Waals surface area contributed by atoms with Gasteiger partial charge >= 0.3 is 0 Å². The van der Waals surface area contributed by atoms with E-state index in [-0.39, 0.29) is 0 Å². The van der Waals surface area contributed by atoms with Gasteiger partial charge in [0, 0.05) is 30.9 Å². The van der Waals surface area contributed by atoms with Crippen LogP contribution < -0.4 is 5.43 Å². The second-order valence-corrected chi connectivity index (χ2v) is 6.59. The molecule has 1 fully saturated rings. The Balaban J connectivity index is 0.000000174. The van der Waals surface area contributed by atoms with Gasteiger partial charge in [-0.3, -0.25) is 9.88 Å². The fourth-order valence-electron chi connectivity index (χ4n) is 3.33. The molecule has 2 atom stereocenters. The molecule has 0 amide bonds. The first-order valence-electron chi connectivity index (χ1n) is 9.07. The molecular weight excluding hydrogens is 298 g/mol. The summed E-state index contributed by atoms with van der Waals surface area (Å²) >= 11 is 0. The molecule has 0 radical (unpaired) electrons. The highest BCUT2D eigenvalue weighted by Gasteiger charge is 2.22. The molecule has 1 aromatic heterocycles. The minimum Gasteiger partial charge on any atom is -0.308 e. The van der Waals surface area contributed by atoms with Crippen molar-refractivity contribution in [2.45, 2.75) is 51.5 Å². The van der Waals surface area contributed by atoms with Crippen molar-refractivity contribution in [2.75, 3.05) is 20.1 Å². The molecule has 3 heterocycles. The van der Waals surface area contributed by atoms with Gasteiger partial charge in [-0.25, -0.2) is 0 Å². The van der Waals surface area contributed by atoms with Gasteiger partial charge < -0.3 is 5.43 Å². The predicted octanol–water partition coefficient (Wildman–Crippen LogP) is 3.51. The predicted molar refractivity (Wildman–Crippen MR) is 97.5 cm³/mol. The summed E-state index contributed by atoms with van der Waals surface area (Å²) in [5, 5.41) is 12.6. The molecule has 3 rings (SSSR count). The van der Waals surface area contributed by atoms with Gasteiger partial charge in [0.2, 0.25) is 0 Å². The summed E-state index contributed by atoms with van der Waals surface area (Å²) in [4.78, 5) is 6.54. The molecule has 0 spiro atoms. The molecule has 130 valence electrons. The molecular formula is C19H29N5. The first kappa shape index (κ1) is 18.4. The number of hydrazone groups is 1. The van der Waals surface area contributed by atoms with E-state index in [1.165, 1.54) is 44.2 Å². The smallest absolute Gasteiger partial charge is 0.142 e. The van der Waals surface area contributed by atoms with Crippen LogP contribution >= 0.6 is 0 Å². The maximum atomic E-state index is 8.67. The lowest BCUT2D eigenvalue weighted by molar-refractivity contribution is 0.317. The lowest BCUT2D eigenvalue weighted by atomic mass is 9.98. The minimum absolute atomic E-state index is 0.376. The van der Waals surface area contributed by atoms with E-state index in [1.807, 2.05) is 18.5 Å². The topological polar surface area (TPSA) is 64.3 Å². The highest BCUT2D eigenvalue weighted by atomic mass is 15.3. The molecule has 1 aromatic rings. The Morgan fingerprint density at radius 1 is 1.42 bits per heavy atom. The summed E-state index contributed by atoms with van der Waals surface area (Å²) in [5.41, 5.74) is 4.91. The Kier molecular flexibility index (Phi) is 7.70. The maximum Gasteiger partial charge on any atom is 0.142 e. The molecule has 0 aromatic carbocycles. The second-order valence-electron chi connectivity index (χ2n) is 6.59. The van der Waals surface area contributed by atoms with Crippen LogP contribution in [0.4, 0.5) is 0 Å². The number of likely N-dealkylation sites (tertiary alicyclic amines) is 1. The fraction of sp³-hybridized carbons (Fsp3) is 0.632. The third kappa shape index (κ3) is 5.31. The van der Waals surface area contributed by atoms with E-state index >= 15 is 0 Å². The van der Waals surface area contributed by atoms with Crippen molar-refractivity contribution in [1.29, 1.82) is 5.26 Å². The van der Waals surface area contributed by atoms with Crippen molar-refractivity contribution in [1.82, 2.24) is 15.3 Å². The second kappa shape index (κ2) is 10.0. The van der Waals surface area contributed by atoms with Crippen molar-refractivity contribution in [3.63, 3.8) is 0 Å². The van der Waals surface area contributed by atoms with E-state index in [4.69, 9.17) is 5.26 Å². The normalized spacial score (nSPS) is 23.0. The summed E-state index contributed by atoms with van der Waals surface area (Å²) in [7, 11) is 2.19. The summed E-state index contributed by atoms with van der Waals surface area (Å²) < 4.78 is 0. The number of hydrogen-bond donors (Lipinski definition) is 1. The summed E-state index contributed by atoms with van der Waals surface area (Å²) in [6, 6.07) is 6.92. The average molecular weight is 327 g/mol. The number of nitrogens with one attached hydrogen (secondary N) is 1. The number of aromatic nitrogens is 1. The van der Waals surface area contributed by atoms with Crippen LogP contribution in [-0.2, 0) is 0 Å². The maximum absolute atomic E-state index is 8.67. The van der Waals surface area contributed by atoms with E-state index < -0.39 is 0 Å². The molecule has 1 N–H and O–H groups in total.